The quantitative estimate of drug-likeness (QED) is 0.640. The Morgan fingerprint density at radius 1 is 1.29 bits per heavy atom. The lowest BCUT2D eigenvalue weighted by Gasteiger charge is -2.34. The molecule has 1 N–H and O–H groups in total. The van der Waals surface area contributed by atoms with Gasteiger partial charge < -0.3 is 15.0 Å². The van der Waals surface area contributed by atoms with E-state index in [1.54, 1.807) is 11.7 Å². The largest absolute Gasteiger partial charge is 0.497 e. The third-order valence-corrected chi connectivity index (χ3v) is 7.00. The number of aromatic nitrogens is 2. The van der Waals surface area contributed by atoms with E-state index in [0.717, 1.165) is 25.9 Å². The minimum absolute atomic E-state index is 0.0939. The maximum Gasteiger partial charge on any atom is 0.277 e. The summed E-state index contributed by atoms with van der Waals surface area (Å²) in [6.45, 7) is 2.10. The second kappa shape index (κ2) is 8.34. The monoisotopic (exact) mass is 438 g/mol. The van der Waals surface area contributed by atoms with Crippen LogP contribution in [0.2, 0.25) is 0 Å². The molecule has 8 heteroatoms. The summed E-state index contributed by atoms with van der Waals surface area (Å²) in [6, 6.07) is 9.33. The minimum Gasteiger partial charge on any atom is -0.497 e. The maximum atomic E-state index is 13.4. The smallest absolute Gasteiger partial charge is 0.277 e. The van der Waals surface area contributed by atoms with Crippen molar-refractivity contribution in [2.45, 2.75) is 25.7 Å². The summed E-state index contributed by atoms with van der Waals surface area (Å²) in [5, 5.41) is 5.01. The van der Waals surface area contributed by atoms with Crippen molar-refractivity contribution in [2.24, 2.45) is 11.8 Å². The number of benzene rings is 1. The van der Waals surface area contributed by atoms with Crippen molar-refractivity contribution in [2.75, 3.05) is 31.6 Å². The first-order chi connectivity index (χ1) is 15.1. The van der Waals surface area contributed by atoms with E-state index in [9.17, 15) is 9.59 Å². The van der Waals surface area contributed by atoms with Crippen LogP contribution in [0, 0.1) is 11.8 Å². The fourth-order valence-corrected chi connectivity index (χ4v) is 4.94. The lowest BCUT2D eigenvalue weighted by atomic mass is 9.97. The number of anilines is 1. The first-order valence-corrected chi connectivity index (χ1v) is 11.7. The van der Waals surface area contributed by atoms with Crippen molar-refractivity contribution < 1.29 is 9.53 Å². The Balaban J connectivity index is 1.52. The van der Waals surface area contributed by atoms with Gasteiger partial charge in [-0.2, -0.15) is 0 Å². The van der Waals surface area contributed by atoms with Crippen LogP contribution in [0.5, 0.6) is 5.75 Å². The molecular weight excluding hydrogens is 412 g/mol. The molecule has 1 saturated carbocycles. The molecule has 7 nitrogen and oxygen atoms in total. The summed E-state index contributed by atoms with van der Waals surface area (Å²) in [7, 11) is 1.61. The normalized spacial score (nSPS) is 18.9. The van der Waals surface area contributed by atoms with Crippen molar-refractivity contribution in [1.82, 2.24) is 14.9 Å². The van der Waals surface area contributed by atoms with Gasteiger partial charge in [-0.15, -0.1) is 11.3 Å². The molecule has 2 aromatic heterocycles. The molecule has 1 aliphatic heterocycles. The first-order valence-electron chi connectivity index (χ1n) is 10.8. The predicted molar refractivity (Wildman–Crippen MR) is 122 cm³/mol. The number of amides is 1. The number of hydrogen-bond acceptors (Lipinski definition) is 6. The van der Waals surface area contributed by atoms with Crippen molar-refractivity contribution in [1.29, 1.82) is 0 Å². The van der Waals surface area contributed by atoms with Gasteiger partial charge in [0.25, 0.3) is 5.56 Å². The number of piperidine rings is 1. The standard InChI is InChI=1S/C23H26N4O3S/c1-30-18-6-2-5-17(12-18)27-22(29)20-19(9-11-31-20)25-23(27)26-10-3-4-16(14-26)21(28)24-13-15-7-8-15/h2,5-6,9,11-12,15-16H,3-4,7-8,10,13-14H2,1H3,(H,24,28)/t16-/m1/s1. The van der Waals surface area contributed by atoms with Crippen LogP contribution >= 0.6 is 11.3 Å². The van der Waals surface area contributed by atoms with E-state index >= 15 is 0 Å². The average Bonchev–Trinajstić information content (AvgIpc) is 3.52. The highest BCUT2D eigenvalue weighted by Gasteiger charge is 2.30. The Hall–Kier alpha value is -2.87. The van der Waals surface area contributed by atoms with E-state index in [-0.39, 0.29) is 17.4 Å². The number of carbonyl (C=O) groups is 1. The Morgan fingerprint density at radius 3 is 2.97 bits per heavy atom. The summed E-state index contributed by atoms with van der Waals surface area (Å²) in [6.07, 6.45) is 4.18. The van der Waals surface area contributed by atoms with Crippen molar-refractivity contribution in [3.8, 4) is 11.4 Å². The molecule has 5 rings (SSSR count). The number of methoxy groups -OCH3 is 1. The van der Waals surface area contributed by atoms with E-state index in [0.29, 0.717) is 40.1 Å². The van der Waals surface area contributed by atoms with Crippen LogP contribution in [0.4, 0.5) is 5.95 Å². The van der Waals surface area contributed by atoms with Gasteiger partial charge >= 0.3 is 0 Å². The Bertz CT molecular complexity index is 1170. The molecule has 31 heavy (non-hydrogen) atoms. The molecule has 3 aromatic rings. The van der Waals surface area contributed by atoms with Crippen LogP contribution in [0.25, 0.3) is 15.9 Å². The second-order valence-electron chi connectivity index (χ2n) is 8.36. The van der Waals surface area contributed by atoms with Gasteiger partial charge in [-0.3, -0.25) is 9.59 Å². The van der Waals surface area contributed by atoms with E-state index in [4.69, 9.17) is 9.72 Å². The summed E-state index contributed by atoms with van der Waals surface area (Å²) in [4.78, 5) is 33.1. The summed E-state index contributed by atoms with van der Waals surface area (Å²) >= 11 is 1.40. The van der Waals surface area contributed by atoms with Gasteiger partial charge in [0.1, 0.15) is 10.4 Å². The van der Waals surface area contributed by atoms with Gasteiger partial charge in [-0.1, -0.05) is 6.07 Å². The van der Waals surface area contributed by atoms with E-state index in [2.05, 4.69) is 10.2 Å². The number of fused-ring (bicyclic) bond motifs is 1. The molecule has 0 radical (unpaired) electrons. The van der Waals surface area contributed by atoms with Crippen LogP contribution in [-0.2, 0) is 4.79 Å². The van der Waals surface area contributed by atoms with E-state index < -0.39 is 0 Å². The van der Waals surface area contributed by atoms with E-state index in [1.165, 1.54) is 24.2 Å². The molecule has 3 heterocycles. The van der Waals surface area contributed by atoms with Crippen LogP contribution in [0.1, 0.15) is 25.7 Å². The number of rotatable bonds is 6. The summed E-state index contributed by atoms with van der Waals surface area (Å²) in [5.74, 6) is 1.94. The van der Waals surface area contributed by atoms with Gasteiger partial charge in [-0.25, -0.2) is 9.55 Å². The molecule has 1 saturated heterocycles. The van der Waals surface area contributed by atoms with Crippen LogP contribution in [0.3, 0.4) is 0 Å². The van der Waals surface area contributed by atoms with Crippen LogP contribution in [0.15, 0.2) is 40.5 Å². The van der Waals surface area contributed by atoms with E-state index in [1.807, 2.05) is 35.7 Å². The van der Waals surface area contributed by atoms with Gasteiger partial charge in [0.2, 0.25) is 11.9 Å². The number of ether oxygens (including phenoxy) is 1. The third-order valence-electron chi connectivity index (χ3n) is 6.11. The SMILES string of the molecule is COc1cccc(-n2c(N3CCC[C@@H](C(=O)NCC4CC4)C3)nc3ccsc3c2=O)c1. The van der Waals surface area contributed by atoms with Gasteiger partial charge in [-0.05, 0) is 55.2 Å². The number of nitrogens with zero attached hydrogens (tertiary/aromatic N) is 3. The Kier molecular flexibility index (Phi) is 5.40. The molecule has 2 fully saturated rings. The Morgan fingerprint density at radius 2 is 2.16 bits per heavy atom. The third kappa shape index (κ3) is 4.04. The zero-order valence-corrected chi connectivity index (χ0v) is 18.4. The highest BCUT2D eigenvalue weighted by molar-refractivity contribution is 7.17. The zero-order valence-electron chi connectivity index (χ0n) is 17.5. The fraction of sp³-hybridized carbons (Fsp3) is 0.435. The summed E-state index contributed by atoms with van der Waals surface area (Å²) in [5.41, 5.74) is 1.32. The number of nitrogens with one attached hydrogen (secondary N) is 1. The fourth-order valence-electron chi connectivity index (χ4n) is 4.18. The van der Waals surface area contributed by atoms with Crippen molar-refractivity contribution in [3.05, 3.63) is 46.1 Å². The Labute approximate surface area is 184 Å². The highest BCUT2D eigenvalue weighted by atomic mass is 32.1. The molecule has 0 unspecified atom stereocenters. The predicted octanol–water partition coefficient (Wildman–Crippen LogP) is 3.20. The highest BCUT2D eigenvalue weighted by Crippen LogP contribution is 2.29. The molecular formula is C23H26N4O3S. The maximum absolute atomic E-state index is 13.4. The lowest BCUT2D eigenvalue weighted by Crippen LogP contribution is -2.45. The molecule has 1 atom stereocenters. The average molecular weight is 439 g/mol. The molecule has 2 aliphatic rings. The minimum atomic E-state index is -0.0960. The molecule has 1 amide bonds. The molecule has 0 spiro atoms. The molecule has 1 aromatic carbocycles. The molecule has 0 bridgehead atoms. The van der Waals surface area contributed by atoms with Gasteiger partial charge in [0, 0.05) is 25.7 Å². The van der Waals surface area contributed by atoms with Crippen molar-refractivity contribution in [3.63, 3.8) is 0 Å². The van der Waals surface area contributed by atoms with Crippen LogP contribution in [-0.4, -0.2) is 42.2 Å². The topological polar surface area (TPSA) is 76.5 Å². The molecule has 1 aliphatic carbocycles. The van der Waals surface area contributed by atoms with Crippen LogP contribution < -0.4 is 20.5 Å². The lowest BCUT2D eigenvalue weighted by molar-refractivity contribution is -0.125. The second-order valence-corrected chi connectivity index (χ2v) is 9.28. The number of thiophene rings is 1. The summed E-state index contributed by atoms with van der Waals surface area (Å²) < 4.78 is 7.66. The van der Waals surface area contributed by atoms with Gasteiger partial charge in [0.05, 0.1) is 24.2 Å². The van der Waals surface area contributed by atoms with Gasteiger partial charge in [0.15, 0.2) is 0 Å². The first kappa shape index (κ1) is 20.1. The number of hydrogen-bond donors (Lipinski definition) is 1. The number of carbonyl (C=O) groups excluding carboxylic acids is 1. The molecule has 162 valence electrons. The zero-order chi connectivity index (χ0) is 21.4. The van der Waals surface area contributed by atoms with Crippen molar-refractivity contribution >= 4 is 33.4 Å².